The predicted octanol–water partition coefficient (Wildman–Crippen LogP) is 6.85. The zero-order chi connectivity index (χ0) is 34.5. The van der Waals surface area contributed by atoms with Crippen molar-refractivity contribution in [3.63, 3.8) is 0 Å². The summed E-state index contributed by atoms with van der Waals surface area (Å²) in [6.45, 7) is 5.63. The van der Waals surface area contributed by atoms with E-state index in [9.17, 15) is 24.6 Å². The highest BCUT2D eigenvalue weighted by atomic mass is 16.5. The number of ketones is 2. The SMILES string of the molecule is COc1ccc(-c2c(OC)c3c(OC)c4c(cc3oc2=O)OC(C)(C)C=C4)cc1.Cc1cc(O)c2c(c1)C(=O)c1cccc(O)c1C2=O. The van der Waals surface area contributed by atoms with Crippen molar-refractivity contribution < 1.29 is 43.2 Å². The quantitative estimate of drug-likeness (QED) is 0.195. The smallest absolute Gasteiger partial charge is 0.347 e. The van der Waals surface area contributed by atoms with E-state index in [4.69, 9.17) is 23.4 Å². The van der Waals surface area contributed by atoms with Crippen LogP contribution in [0.5, 0.6) is 34.5 Å². The van der Waals surface area contributed by atoms with E-state index in [1.807, 2.05) is 26.0 Å². The fourth-order valence-electron chi connectivity index (χ4n) is 5.98. The maximum Gasteiger partial charge on any atom is 0.347 e. The van der Waals surface area contributed by atoms with Crippen LogP contribution in [0.25, 0.3) is 28.2 Å². The van der Waals surface area contributed by atoms with Gasteiger partial charge >= 0.3 is 5.63 Å². The van der Waals surface area contributed by atoms with Crippen LogP contribution in [-0.4, -0.2) is 48.7 Å². The molecule has 4 aromatic carbocycles. The van der Waals surface area contributed by atoms with Gasteiger partial charge in [0.05, 0.1) is 38.0 Å². The number of carbonyl (C=O) groups excluding carboxylic acids is 2. The minimum Gasteiger partial charge on any atom is -0.507 e. The molecule has 0 spiro atoms. The second-order valence-electron chi connectivity index (χ2n) is 11.8. The standard InChI is InChI=1S/C23H22O6.C15H10O4/c1-23(2)11-10-15-16(29-23)12-17-19(20(15)26-4)21(27-5)18(22(24)28-17)13-6-8-14(25-3)9-7-13;1-7-5-9-13(11(17)6-7)15(19)12-8(14(9)18)3-2-4-10(12)16/h6-12H,1-5H3;2-6,16-17H,1H3. The van der Waals surface area contributed by atoms with Gasteiger partial charge in [-0.1, -0.05) is 24.3 Å². The molecule has 10 heteroatoms. The van der Waals surface area contributed by atoms with Gasteiger partial charge in [-0.05, 0) is 74.4 Å². The molecule has 1 aromatic heterocycles. The molecule has 7 rings (SSSR count). The number of phenolic OH excluding ortho intramolecular Hbond substituents is 2. The molecule has 0 atom stereocenters. The Morgan fingerprint density at radius 3 is 2.08 bits per heavy atom. The zero-order valence-corrected chi connectivity index (χ0v) is 27.1. The summed E-state index contributed by atoms with van der Waals surface area (Å²) in [6, 6.07) is 16.2. The van der Waals surface area contributed by atoms with Crippen molar-refractivity contribution in [2.45, 2.75) is 26.4 Å². The number of aryl methyl sites for hydroxylation is 1. The van der Waals surface area contributed by atoms with Crippen molar-refractivity contribution in [1.82, 2.24) is 0 Å². The molecule has 2 heterocycles. The van der Waals surface area contributed by atoms with Crippen molar-refractivity contribution in [2.24, 2.45) is 0 Å². The maximum absolute atomic E-state index is 12.9. The normalized spacial score (nSPS) is 13.8. The van der Waals surface area contributed by atoms with Gasteiger partial charge in [-0.3, -0.25) is 9.59 Å². The third-order valence-corrected chi connectivity index (χ3v) is 8.17. The van der Waals surface area contributed by atoms with Crippen LogP contribution in [0, 0.1) is 6.92 Å². The molecule has 1 aliphatic heterocycles. The summed E-state index contributed by atoms with van der Waals surface area (Å²) in [5, 5.41) is 20.2. The third-order valence-electron chi connectivity index (χ3n) is 8.17. The summed E-state index contributed by atoms with van der Waals surface area (Å²) in [7, 11) is 4.68. The van der Waals surface area contributed by atoms with E-state index in [0.29, 0.717) is 50.7 Å². The summed E-state index contributed by atoms with van der Waals surface area (Å²) in [6.07, 6.45) is 3.91. The summed E-state index contributed by atoms with van der Waals surface area (Å²) in [5.41, 5.74) is 2.07. The topological polar surface area (TPSA) is 142 Å². The first kappa shape index (κ1) is 31.9. The van der Waals surface area contributed by atoms with Gasteiger partial charge in [-0.2, -0.15) is 0 Å². The van der Waals surface area contributed by atoms with Crippen LogP contribution in [0.3, 0.4) is 0 Å². The van der Waals surface area contributed by atoms with Crippen LogP contribution in [0.2, 0.25) is 0 Å². The molecule has 0 bridgehead atoms. The molecule has 2 N–H and O–H groups in total. The van der Waals surface area contributed by atoms with E-state index in [1.165, 1.54) is 31.4 Å². The van der Waals surface area contributed by atoms with Gasteiger partial charge < -0.3 is 33.6 Å². The third kappa shape index (κ3) is 5.30. The highest BCUT2D eigenvalue weighted by molar-refractivity contribution is 6.30. The van der Waals surface area contributed by atoms with E-state index in [0.717, 1.165) is 5.56 Å². The van der Waals surface area contributed by atoms with Gasteiger partial charge in [0.15, 0.2) is 5.78 Å². The van der Waals surface area contributed by atoms with Gasteiger partial charge in [-0.15, -0.1) is 0 Å². The number of benzene rings is 4. The minimum atomic E-state index is -0.528. The number of fused-ring (bicyclic) bond motifs is 4. The zero-order valence-electron chi connectivity index (χ0n) is 27.1. The first-order valence-electron chi connectivity index (χ1n) is 14.9. The molecular formula is C38H32O10. The van der Waals surface area contributed by atoms with Crippen LogP contribution in [0.1, 0.15) is 56.8 Å². The Balaban J connectivity index is 0.000000182. The van der Waals surface area contributed by atoms with Gasteiger partial charge in [-0.25, -0.2) is 4.79 Å². The molecular weight excluding hydrogens is 616 g/mol. The van der Waals surface area contributed by atoms with E-state index in [2.05, 4.69) is 0 Å². The maximum atomic E-state index is 12.9. The Morgan fingerprint density at radius 1 is 0.729 bits per heavy atom. The molecule has 48 heavy (non-hydrogen) atoms. The Morgan fingerprint density at radius 2 is 1.42 bits per heavy atom. The van der Waals surface area contributed by atoms with E-state index < -0.39 is 17.0 Å². The van der Waals surface area contributed by atoms with Crippen molar-refractivity contribution >= 4 is 28.6 Å². The predicted molar refractivity (Wildman–Crippen MR) is 179 cm³/mol. The Bertz CT molecular complexity index is 2220. The van der Waals surface area contributed by atoms with Crippen LogP contribution in [0.4, 0.5) is 0 Å². The van der Waals surface area contributed by atoms with Gasteiger partial charge in [0, 0.05) is 17.2 Å². The minimum absolute atomic E-state index is 0.0374. The second kappa shape index (κ2) is 12.0. The summed E-state index contributed by atoms with van der Waals surface area (Å²) in [4.78, 5) is 37.6. The summed E-state index contributed by atoms with van der Waals surface area (Å²) >= 11 is 0. The lowest BCUT2D eigenvalue weighted by Gasteiger charge is -2.29. The first-order valence-corrected chi connectivity index (χ1v) is 14.9. The number of rotatable bonds is 4. The van der Waals surface area contributed by atoms with Gasteiger partial charge in [0.25, 0.3) is 0 Å². The van der Waals surface area contributed by atoms with Gasteiger partial charge in [0.1, 0.15) is 56.6 Å². The van der Waals surface area contributed by atoms with Crippen LogP contribution < -0.4 is 24.6 Å². The molecule has 0 saturated carbocycles. The molecule has 10 nitrogen and oxygen atoms in total. The number of aromatic hydroxyl groups is 2. The molecule has 0 unspecified atom stereocenters. The number of ether oxygens (including phenoxy) is 4. The Hall–Kier alpha value is -6.03. The average molecular weight is 649 g/mol. The van der Waals surface area contributed by atoms with Crippen molar-refractivity contribution in [1.29, 1.82) is 0 Å². The van der Waals surface area contributed by atoms with E-state index in [1.54, 1.807) is 57.5 Å². The number of methoxy groups -OCH3 is 3. The lowest BCUT2D eigenvalue weighted by molar-refractivity contribution is 0.0974. The fraction of sp³-hybridized carbons (Fsp3) is 0.184. The van der Waals surface area contributed by atoms with Crippen molar-refractivity contribution in [3.05, 3.63) is 111 Å². The molecule has 2 aliphatic rings. The molecule has 244 valence electrons. The Labute approximate surface area is 275 Å². The molecule has 0 amide bonds. The van der Waals surface area contributed by atoms with E-state index >= 15 is 0 Å². The van der Waals surface area contributed by atoms with Crippen LogP contribution in [-0.2, 0) is 0 Å². The highest BCUT2D eigenvalue weighted by Gasteiger charge is 2.34. The van der Waals surface area contributed by atoms with Crippen molar-refractivity contribution in [3.8, 4) is 45.6 Å². The number of hydrogen-bond acceptors (Lipinski definition) is 10. The molecule has 0 fully saturated rings. The first-order chi connectivity index (χ1) is 22.9. The number of carbonyl (C=O) groups is 2. The monoisotopic (exact) mass is 648 g/mol. The van der Waals surface area contributed by atoms with Crippen LogP contribution >= 0.6 is 0 Å². The van der Waals surface area contributed by atoms with Gasteiger partial charge in [0.2, 0.25) is 5.78 Å². The summed E-state index contributed by atoms with van der Waals surface area (Å²) < 4.78 is 28.3. The molecule has 0 saturated heterocycles. The average Bonchev–Trinajstić information content (AvgIpc) is 3.05. The Kier molecular flexibility index (Phi) is 7.96. The number of phenols is 2. The largest absolute Gasteiger partial charge is 0.507 e. The summed E-state index contributed by atoms with van der Waals surface area (Å²) in [5.74, 6) is 0.820. The lowest BCUT2D eigenvalue weighted by atomic mass is 9.82. The van der Waals surface area contributed by atoms with Crippen LogP contribution in [0.15, 0.2) is 76.0 Å². The molecule has 5 aromatic rings. The fourth-order valence-corrected chi connectivity index (χ4v) is 5.98. The lowest BCUT2D eigenvalue weighted by Crippen LogP contribution is -2.27. The highest BCUT2D eigenvalue weighted by Crippen LogP contribution is 2.47. The van der Waals surface area contributed by atoms with Crippen molar-refractivity contribution in [2.75, 3.05) is 21.3 Å². The van der Waals surface area contributed by atoms with E-state index in [-0.39, 0.29) is 39.5 Å². The second-order valence-corrected chi connectivity index (χ2v) is 11.8. The number of hydrogen-bond donors (Lipinski definition) is 2. The molecule has 1 aliphatic carbocycles. The molecule has 0 radical (unpaired) electrons.